The minimum Gasteiger partial charge on any atom is -0.439 e. The molecule has 0 unspecified atom stereocenters. The van der Waals surface area contributed by atoms with Crippen LogP contribution in [0, 0.1) is 18.2 Å². The summed E-state index contributed by atoms with van der Waals surface area (Å²) in [6.07, 6.45) is 0. The SMILES string of the molecule is Cc1ccc(Oc2cccc(C(=N)N)n2)cc1F. The van der Waals surface area contributed by atoms with Crippen molar-refractivity contribution in [2.24, 2.45) is 5.73 Å². The fourth-order valence-electron chi connectivity index (χ4n) is 1.38. The lowest BCUT2D eigenvalue weighted by Crippen LogP contribution is -2.13. The van der Waals surface area contributed by atoms with E-state index in [1.165, 1.54) is 6.07 Å². The van der Waals surface area contributed by atoms with Crippen molar-refractivity contribution in [3.8, 4) is 11.6 Å². The zero-order valence-corrected chi connectivity index (χ0v) is 9.77. The summed E-state index contributed by atoms with van der Waals surface area (Å²) in [5.41, 5.74) is 6.19. The van der Waals surface area contributed by atoms with Crippen molar-refractivity contribution < 1.29 is 9.13 Å². The highest BCUT2D eigenvalue weighted by Gasteiger charge is 2.04. The van der Waals surface area contributed by atoms with Crippen molar-refractivity contribution in [1.29, 1.82) is 5.41 Å². The molecule has 1 heterocycles. The zero-order chi connectivity index (χ0) is 13.1. The summed E-state index contributed by atoms with van der Waals surface area (Å²) in [7, 11) is 0. The third kappa shape index (κ3) is 2.63. The highest BCUT2D eigenvalue weighted by Crippen LogP contribution is 2.21. The average Bonchev–Trinajstić information content (AvgIpc) is 2.34. The van der Waals surface area contributed by atoms with Crippen LogP contribution in [0.1, 0.15) is 11.3 Å². The summed E-state index contributed by atoms with van der Waals surface area (Å²) in [6.45, 7) is 1.67. The molecule has 0 saturated carbocycles. The number of amidine groups is 1. The van der Waals surface area contributed by atoms with Crippen LogP contribution in [-0.2, 0) is 0 Å². The van der Waals surface area contributed by atoms with Gasteiger partial charge in [0.15, 0.2) is 0 Å². The number of rotatable bonds is 3. The predicted molar refractivity (Wildman–Crippen MR) is 66.5 cm³/mol. The zero-order valence-electron chi connectivity index (χ0n) is 9.77. The minimum absolute atomic E-state index is 0.143. The minimum atomic E-state index is -0.338. The molecule has 0 bridgehead atoms. The molecule has 0 spiro atoms. The number of aryl methyl sites for hydroxylation is 1. The van der Waals surface area contributed by atoms with Gasteiger partial charge in [0, 0.05) is 12.1 Å². The molecule has 4 nitrogen and oxygen atoms in total. The van der Waals surface area contributed by atoms with Crippen molar-refractivity contribution in [2.75, 3.05) is 0 Å². The van der Waals surface area contributed by atoms with Gasteiger partial charge in [0.1, 0.15) is 23.1 Å². The standard InChI is InChI=1S/C13H12FN3O/c1-8-5-6-9(7-10(8)14)18-12-4-2-3-11(17-12)13(15)16/h2-7H,1H3,(H3,15,16). The molecule has 2 aromatic rings. The molecule has 0 aliphatic rings. The van der Waals surface area contributed by atoms with E-state index in [4.69, 9.17) is 15.9 Å². The van der Waals surface area contributed by atoms with Gasteiger partial charge in [0.05, 0.1) is 0 Å². The van der Waals surface area contributed by atoms with Crippen LogP contribution in [0.4, 0.5) is 4.39 Å². The molecule has 0 atom stereocenters. The lowest BCUT2D eigenvalue weighted by molar-refractivity contribution is 0.457. The summed E-state index contributed by atoms with van der Waals surface area (Å²) in [5.74, 6) is 0.142. The summed E-state index contributed by atoms with van der Waals surface area (Å²) < 4.78 is 18.7. The van der Waals surface area contributed by atoms with Crippen LogP contribution in [0.15, 0.2) is 36.4 Å². The second kappa shape index (κ2) is 4.83. The van der Waals surface area contributed by atoms with Crippen LogP contribution in [0.5, 0.6) is 11.6 Å². The summed E-state index contributed by atoms with van der Waals surface area (Å²) in [6, 6.07) is 9.45. The van der Waals surface area contributed by atoms with Crippen molar-refractivity contribution in [3.05, 3.63) is 53.5 Å². The van der Waals surface area contributed by atoms with Crippen molar-refractivity contribution >= 4 is 5.84 Å². The van der Waals surface area contributed by atoms with E-state index in [9.17, 15) is 4.39 Å². The molecular weight excluding hydrogens is 233 g/mol. The number of nitrogens with two attached hydrogens (primary N) is 1. The van der Waals surface area contributed by atoms with Crippen LogP contribution in [0.3, 0.4) is 0 Å². The maximum absolute atomic E-state index is 13.3. The number of aromatic nitrogens is 1. The van der Waals surface area contributed by atoms with E-state index in [-0.39, 0.29) is 17.5 Å². The second-order valence-corrected chi connectivity index (χ2v) is 3.79. The second-order valence-electron chi connectivity index (χ2n) is 3.79. The molecule has 1 aromatic carbocycles. The monoisotopic (exact) mass is 245 g/mol. The first kappa shape index (κ1) is 12.0. The smallest absolute Gasteiger partial charge is 0.219 e. The number of ether oxygens (including phenoxy) is 1. The molecule has 3 N–H and O–H groups in total. The van der Waals surface area contributed by atoms with Crippen molar-refractivity contribution in [3.63, 3.8) is 0 Å². The lowest BCUT2D eigenvalue weighted by Gasteiger charge is -2.06. The van der Waals surface area contributed by atoms with Gasteiger partial charge >= 0.3 is 0 Å². The van der Waals surface area contributed by atoms with Gasteiger partial charge in [-0.3, -0.25) is 5.41 Å². The van der Waals surface area contributed by atoms with E-state index < -0.39 is 0 Å². The molecule has 0 saturated heterocycles. The Hall–Kier alpha value is -2.43. The Morgan fingerprint density at radius 1 is 1.33 bits per heavy atom. The number of nitrogen functional groups attached to an aromatic ring is 1. The number of nitrogens with one attached hydrogen (secondary N) is 1. The normalized spacial score (nSPS) is 10.1. The van der Waals surface area contributed by atoms with E-state index in [2.05, 4.69) is 4.98 Å². The Balaban J connectivity index is 2.25. The van der Waals surface area contributed by atoms with Crippen LogP contribution >= 0.6 is 0 Å². The first-order valence-corrected chi connectivity index (χ1v) is 5.32. The average molecular weight is 245 g/mol. The maximum atomic E-state index is 13.3. The first-order chi connectivity index (χ1) is 8.56. The van der Waals surface area contributed by atoms with Crippen LogP contribution < -0.4 is 10.5 Å². The fourth-order valence-corrected chi connectivity index (χ4v) is 1.38. The van der Waals surface area contributed by atoms with E-state index in [1.807, 2.05) is 0 Å². The molecule has 1 aromatic heterocycles. The number of hydrogen-bond acceptors (Lipinski definition) is 3. The molecule has 5 heteroatoms. The Morgan fingerprint density at radius 2 is 2.11 bits per heavy atom. The van der Waals surface area contributed by atoms with Crippen LogP contribution in [-0.4, -0.2) is 10.8 Å². The first-order valence-electron chi connectivity index (χ1n) is 5.32. The van der Waals surface area contributed by atoms with Crippen molar-refractivity contribution in [2.45, 2.75) is 6.92 Å². The van der Waals surface area contributed by atoms with Gasteiger partial charge in [-0.25, -0.2) is 9.37 Å². The number of benzene rings is 1. The summed E-state index contributed by atoms with van der Waals surface area (Å²) >= 11 is 0. The highest BCUT2D eigenvalue weighted by molar-refractivity contribution is 5.93. The van der Waals surface area contributed by atoms with E-state index in [1.54, 1.807) is 37.3 Å². The molecule has 92 valence electrons. The molecule has 0 aliphatic heterocycles. The molecule has 18 heavy (non-hydrogen) atoms. The Kier molecular flexibility index (Phi) is 3.23. The van der Waals surface area contributed by atoms with Gasteiger partial charge in [-0.1, -0.05) is 12.1 Å². The number of halogens is 1. The van der Waals surface area contributed by atoms with Gasteiger partial charge in [-0.15, -0.1) is 0 Å². The number of hydrogen-bond donors (Lipinski definition) is 2. The van der Waals surface area contributed by atoms with Gasteiger partial charge in [0.2, 0.25) is 5.88 Å². The topological polar surface area (TPSA) is 72.0 Å². The van der Waals surface area contributed by atoms with Gasteiger partial charge in [-0.05, 0) is 24.6 Å². The molecular formula is C13H12FN3O. The van der Waals surface area contributed by atoms with Crippen molar-refractivity contribution in [1.82, 2.24) is 4.98 Å². The molecule has 0 radical (unpaired) electrons. The highest BCUT2D eigenvalue weighted by atomic mass is 19.1. The van der Waals surface area contributed by atoms with Gasteiger partial charge in [0.25, 0.3) is 0 Å². The third-order valence-corrected chi connectivity index (χ3v) is 2.37. The lowest BCUT2D eigenvalue weighted by atomic mass is 10.2. The fraction of sp³-hybridized carbons (Fsp3) is 0.0769. The molecule has 0 fully saturated rings. The Bertz CT molecular complexity index is 599. The van der Waals surface area contributed by atoms with Crippen LogP contribution in [0.25, 0.3) is 0 Å². The number of pyridine rings is 1. The summed E-state index contributed by atoms with van der Waals surface area (Å²) in [5, 5.41) is 7.27. The largest absolute Gasteiger partial charge is 0.439 e. The van der Waals surface area contributed by atoms with Gasteiger partial charge < -0.3 is 10.5 Å². The predicted octanol–water partition coefficient (Wildman–Crippen LogP) is 2.61. The molecule has 2 rings (SSSR count). The molecule has 0 aliphatic carbocycles. The quantitative estimate of drug-likeness (QED) is 0.645. The Morgan fingerprint density at radius 3 is 2.78 bits per heavy atom. The summed E-state index contributed by atoms with van der Waals surface area (Å²) in [4.78, 5) is 4.03. The number of nitrogens with zero attached hydrogens (tertiary/aromatic N) is 1. The van der Waals surface area contributed by atoms with Crippen LogP contribution in [0.2, 0.25) is 0 Å². The van der Waals surface area contributed by atoms with Gasteiger partial charge in [-0.2, -0.15) is 0 Å². The van der Waals surface area contributed by atoms with E-state index in [0.717, 1.165) is 0 Å². The van der Waals surface area contributed by atoms with E-state index >= 15 is 0 Å². The maximum Gasteiger partial charge on any atom is 0.219 e. The molecule has 0 amide bonds. The van der Waals surface area contributed by atoms with E-state index in [0.29, 0.717) is 17.0 Å². The Labute approximate surface area is 104 Å². The third-order valence-electron chi connectivity index (χ3n) is 2.37.